The van der Waals surface area contributed by atoms with E-state index in [9.17, 15) is 9.59 Å². The molecule has 6 nitrogen and oxygen atoms in total. The van der Waals surface area contributed by atoms with Crippen molar-refractivity contribution in [1.29, 1.82) is 0 Å². The SMILES string of the molecule is Cc1cc2nc(C)c(=O)n(CCC(=O)NCCCN3CCCC3)c2cc1C. The molecule has 2 heterocycles. The van der Waals surface area contributed by atoms with Gasteiger partial charge in [0.25, 0.3) is 5.56 Å². The van der Waals surface area contributed by atoms with Crippen LogP contribution in [-0.4, -0.2) is 46.5 Å². The molecule has 6 heteroatoms. The van der Waals surface area contributed by atoms with Crippen LogP contribution in [0.15, 0.2) is 16.9 Å². The highest BCUT2D eigenvalue weighted by molar-refractivity contribution is 5.78. The van der Waals surface area contributed by atoms with Crippen molar-refractivity contribution in [3.8, 4) is 0 Å². The quantitative estimate of drug-likeness (QED) is 0.760. The van der Waals surface area contributed by atoms with E-state index < -0.39 is 0 Å². The lowest BCUT2D eigenvalue weighted by molar-refractivity contribution is -0.121. The zero-order valence-corrected chi connectivity index (χ0v) is 16.7. The van der Waals surface area contributed by atoms with E-state index in [2.05, 4.69) is 15.2 Å². The Kier molecular flexibility index (Phi) is 6.26. The number of likely N-dealkylation sites (tertiary alicyclic amines) is 1. The third-order valence-corrected chi connectivity index (χ3v) is 5.46. The van der Waals surface area contributed by atoms with E-state index in [0.717, 1.165) is 35.1 Å². The molecule has 146 valence electrons. The Hall–Kier alpha value is -2.21. The predicted molar refractivity (Wildman–Crippen MR) is 108 cm³/mol. The van der Waals surface area contributed by atoms with Gasteiger partial charge in [0.2, 0.25) is 5.91 Å². The number of aromatic nitrogens is 2. The molecule has 0 spiro atoms. The zero-order chi connectivity index (χ0) is 19.4. The van der Waals surface area contributed by atoms with Crippen molar-refractivity contribution in [2.24, 2.45) is 0 Å². The summed E-state index contributed by atoms with van der Waals surface area (Å²) in [6.45, 7) is 10.3. The molecule has 27 heavy (non-hydrogen) atoms. The number of nitrogens with zero attached hydrogens (tertiary/aromatic N) is 3. The van der Waals surface area contributed by atoms with Crippen LogP contribution in [0.4, 0.5) is 0 Å². The topological polar surface area (TPSA) is 67.2 Å². The van der Waals surface area contributed by atoms with Crippen LogP contribution in [0, 0.1) is 20.8 Å². The fraction of sp³-hybridized carbons (Fsp3) is 0.571. The molecule has 1 fully saturated rings. The Bertz CT molecular complexity index is 882. The molecule has 3 rings (SSSR count). The molecule has 1 N–H and O–H groups in total. The van der Waals surface area contributed by atoms with E-state index in [1.807, 2.05) is 26.0 Å². The number of carbonyl (C=O) groups is 1. The minimum absolute atomic E-state index is 0.00484. The van der Waals surface area contributed by atoms with Gasteiger partial charge in [-0.15, -0.1) is 0 Å². The van der Waals surface area contributed by atoms with Gasteiger partial charge in [0.15, 0.2) is 0 Å². The van der Waals surface area contributed by atoms with Crippen molar-refractivity contribution in [2.45, 2.75) is 53.0 Å². The summed E-state index contributed by atoms with van der Waals surface area (Å²) in [5.74, 6) is -0.00484. The van der Waals surface area contributed by atoms with Gasteiger partial charge >= 0.3 is 0 Å². The number of nitrogens with one attached hydrogen (secondary N) is 1. The molecule has 0 saturated carbocycles. The van der Waals surface area contributed by atoms with Crippen molar-refractivity contribution in [3.05, 3.63) is 39.3 Å². The molecule has 0 radical (unpaired) electrons. The fourth-order valence-electron chi connectivity index (χ4n) is 3.69. The van der Waals surface area contributed by atoms with Crippen molar-refractivity contribution in [3.63, 3.8) is 0 Å². The van der Waals surface area contributed by atoms with Gasteiger partial charge in [-0.25, -0.2) is 4.98 Å². The molecule has 0 bridgehead atoms. The highest BCUT2D eigenvalue weighted by atomic mass is 16.1. The number of hydrogen-bond donors (Lipinski definition) is 1. The van der Waals surface area contributed by atoms with Crippen LogP contribution < -0.4 is 10.9 Å². The van der Waals surface area contributed by atoms with Crippen LogP contribution in [0.3, 0.4) is 0 Å². The largest absolute Gasteiger partial charge is 0.356 e. The highest BCUT2D eigenvalue weighted by Gasteiger charge is 2.12. The van der Waals surface area contributed by atoms with Crippen molar-refractivity contribution < 1.29 is 4.79 Å². The number of fused-ring (bicyclic) bond motifs is 1. The van der Waals surface area contributed by atoms with Crippen LogP contribution in [0.1, 0.15) is 42.5 Å². The van der Waals surface area contributed by atoms with E-state index in [-0.39, 0.29) is 11.5 Å². The van der Waals surface area contributed by atoms with Gasteiger partial charge in [-0.05, 0) is 82.9 Å². The van der Waals surface area contributed by atoms with Gasteiger partial charge in [-0.3, -0.25) is 9.59 Å². The maximum Gasteiger partial charge on any atom is 0.272 e. The predicted octanol–water partition coefficient (Wildman–Crippen LogP) is 2.31. The molecule has 1 saturated heterocycles. The molecular formula is C21H30N4O2. The molecule has 1 amide bonds. The summed E-state index contributed by atoms with van der Waals surface area (Å²) in [6.07, 6.45) is 3.86. The number of aryl methyl sites for hydroxylation is 4. The van der Waals surface area contributed by atoms with E-state index >= 15 is 0 Å². The van der Waals surface area contributed by atoms with Gasteiger partial charge < -0.3 is 14.8 Å². The van der Waals surface area contributed by atoms with Crippen LogP contribution in [0.25, 0.3) is 11.0 Å². The lowest BCUT2D eigenvalue weighted by atomic mass is 10.1. The van der Waals surface area contributed by atoms with E-state index in [1.54, 1.807) is 11.5 Å². The van der Waals surface area contributed by atoms with Gasteiger partial charge in [-0.2, -0.15) is 0 Å². The Morgan fingerprint density at radius 3 is 2.56 bits per heavy atom. The average Bonchev–Trinajstić information content (AvgIpc) is 3.15. The molecular weight excluding hydrogens is 340 g/mol. The van der Waals surface area contributed by atoms with Crippen LogP contribution >= 0.6 is 0 Å². The third-order valence-electron chi connectivity index (χ3n) is 5.46. The molecule has 0 atom stereocenters. The summed E-state index contributed by atoms with van der Waals surface area (Å²) in [7, 11) is 0. The molecule has 1 aliphatic rings. The normalized spacial score (nSPS) is 14.8. The van der Waals surface area contributed by atoms with Crippen LogP contribution in [-0.2, 0) is 11.3 Å². The molecule has 2 aromatic rings. The van der Waals surface area contributed by atoms with Crippen LogP contribution in [0.2, 0.25) is 0 Å². The number of rotatable bonds is 7. The van der Waals surface area contributed by atoms with E-state index in [4.69, 9.17) is 0 Å². The van der Waals surface area contributed by atoms with Gasteiger partial charge in [-0.1, -0.05) is 0 Å². The number of hydrogen-bond acceptors (Lipinski definition) is 4. The second kappa shape index (κ2) is 8.65. The Balaban J connectivity index is 1.60. The third kappa shape index (κ3) is 4.75. The van der Waals surface area contributed by atoms with Gasteiger partial charge in [0.05, 0.1) is 11.0 Å². The first-order valence-electron chi connectivity index (χ1n) is 9.93. The summed E-state index contributed by atoms with van der Waals surface area (Å²) in [5, 5.41) is 2.98. The number of carbonyl (C=O) groups excluding carboxylic acids is 1. The first kappa shape index (κ1) is 19.5. The fourth-order valence-corrected chi connectivity index (χ4v) is 3.69. The van der Waals surface area contributed by atoms with Crippen molar-refractivity contribution >= 4 is 16.9 Å². The summed E-state index contributed by atoms with van der Waals surface area (Å²) in [6, 6.07) is 4.00. The Morgan fingerprint density at radius 2 is 1.81 bits per heavy atom. The lowest BCUT2D eigenvalue weighted by Gasteiger charge is -2.15. The Labute approximate surface area is 160 Å². The Morgan fingerprint density at radius 1 is 1.11 bits per heavy atom. The maximum atomic E-state index is 12.6. The standard InChI is InChI=1S/C21H30N4O2/c1-15-13-18-19(14-16(15)2)25(21(27)17(3)23-18)12-7-20(26)22-8-6-11-24-9-4-5-10-24/h13-14H,4-12H2,1-3H3,(H,22,26). The molecule has 1 aliphatic heterocycles. The molecule has 1 aromatic carbocycles. The first-order valence-corrected chi connectivity index (χ1v) is 9.93. The average molecular weight is 370 g/mol. The summed E-state index contributed by atoms with van der Waals surface area (Å²) in [4.78, 5) is 31.6. The number of benzene rings is 1. The lowest BCUT2D eigenvalue weighted by Crippen LogP contribution is -2.31. The highest BCUT2D eigenvalue weighted by Crippen LogP contribution is 2.17. The minimum atomic E-state index is -0.118. The summed E-state index contributed by atoms with van der Waals surface area (Å²) >= 11 is 0. The van der Waals surface area contributed by atoms with Crippen molar-refractivity contribution in [1.82, 2.24) is 19.8 Å². The maximum absolute atomic E-state index is 12.6. The van der Waals surface area contributed by atoms with Gasteiger partial charge in [0.1, 0.15) is 5.69 Å². The summed E-state index contributed by atoms with van der Waals surface area (Å²) in [5.41, 5.74) is 4.23. The molecule has 1 aromatic heterocycles. The van der Waals surface area contributed by atoms with E-state index in [0.29, 0.717) is 25.2 Å². The van der Waals surface area contributed by atoms with E-state index in [1.165, 1.54) is 25.9 Å². The summed E-state index contributed by atoms with van der Waals surface area (Å²) < 4.78 is 1.69. The number of amides is 1. The van der Waals surface area contributed by atoms with Crippen molar-refractivity contribution in [2.75, 3.05) is 26.2 Å². The smallest absolute Gasteiger partial charge is 0.272 e. The minimum Gasteiger partial charge on any atom is -0.356 e. The second-order valence-corrected chi connectivity index (χ2v) is 7.58. The molecule has 0 aliphatic carbocycles. The monoisotopic (exact) mass is 370 g/mol. The molecule has 0 unspecified atom stereocenters. The zero-order valence-electron chi connectivity index (χ0n) is 16.7. The van der Waals surface area contributed by atoms with Crippen LogP contribution in [0.5, 0.6) is 0 Å². The van der Waals surface area contributed by atoms with Gasteiger partial charge in [0, 0.05) is 19.5 Å². The second-order valence-electron chi connectivity index (χ2n) is 7.58. The first-order chi connectivity index (χ1) is 13.0.